The van der Waals surface area contributed by atoms with Crippen LogP contribution < -0.4 is 15.8 Å². The first kappa shape index (κ1) is 18.9. The third-order valence-corrected chi connectivity index (χ3v) is 3.76. The van der Waals surface area contributed by atoms with Gasteiger partial charge in [0.1, 0.15) is 11.4 Å². The fourth-order valence-corrected chi connectivity index (χ4v) is 2.69. The highest BCUT2D eigenvalue weighted by atomic mass is 16.6. The van der Waals surface area contributed by atoms with Gasteiger partial charge in [0.25, 0.3) is 5.91 Å². The molecule has 0 radical (unpaired) electrons. The van der Waals surface area contributed by atoms with Gasteiger partial charge in [-0.25, -0.2) is 4.79 Å². The number of nitrogens with one attached hydrogen (secondary N) is 1. The van der Waals surface area contributed by atoms with E-state index < -0.39 is 11.5 Å². The molecule has 1 fully saturated rings. The number of primary amides is 1. The molecule has 1 saturated heterocycles. The zero-order valence-corrected chi connectivity index (χ0v) is 15.1. The van der Waals surface area contributed by atoms with E-state index in [4.69, 9.17) is 15.2 Å². The second kappa shape index (κ2) is 8.09. The summed E-state index contributed by atoms with van der Waals surface area (Å²) in [7, 11) is 0. The van der Waals surface area contributed by atoms with Gasteiger partial charge in [-0.15, -0.1) is 0 Å². The largest absolute Gasteiger partial charge is 0.484 e. The van der Waals surface area contributed by atoms with Crippen molar-refractivity contribution in [2.24, 2.45) is 5.73 Å². The monoisotopic (exact) mass is 349 g/mol. The van der Waals surface area contributed by atoms with E-state index in [0.29, 0.717) is 18.8 Å². The van der Waals surface area contributed by atoms with Crippen LogP contribution in [0.5, 0.6) is 5.75 Å². The number of hydrogen-bond acceptors (Lipinski definition) is 5. The Kier molecular flexibility index (Phi) is 6.12. The molecule has 7 heteroatoms. The van der Waals surface area contributed by atoms with E-state index in [1.165, 1.54) is 0 Å². The van der Waals surface area contributed by atoms with Crippen molar-refractivity contribution < 1.29 is 19.1 Å². The number of ether oxygens (including phenoxy) is 2. The molecule has 1 aliphatic heterocycles. The van der Waals surface area contributed by atoms with Crippen LogP contribution in [0.3, 0.4) is 0 Å². The molecule has 0 aliphatic carbocycles. The number of nitrogens with two attached hydrogens (primary N) is 1. The minimum absolute atomic E-state index is 0.0880. The third-order valence-electron chi connectivity index (χ3n) is 3.76. The normalized spacial score (nSPS) is 17.2. The summed E-state index contributed by atoms with van der Waals surface area (Å²) >= 11 is 0. The zero-order chi connectivity index (χ0) is 18.4. The molecule has 25 heavy (non-hydrogen) atoms. The second-order valence-corrected chi connectivity index (χ2v) is 7.13. The molecule has 2 rings (SSSR count). The van der Waals surface area contributed by atoms with Crippen LogP contribution in [-0.2, 0) is 9.53 Å². The number of nitrogens with zero attached hydrogens (tertiary/aromatic N) is 1. The minimum Gasteiger partial charge on any atom is -0.484 e. The number of carbonyl (C=O) groups excluding carboxylic acids is 2. The molecule has 1 heterocycles. The summed E-state index contributed by atoms with van der Waals surface area (Å²) in [6.07, 6.45) is 1.63. The Morgan fingerprint density at radius 2 is 2.12 bits per heavy atom. The number of benzene rings is 1. The number of likely N-dealkylation sites (tertiary alicyclic amines) is 1. The molecule has 2 amide bonds. The summed E-state index contributed by atoms with van der Waals surface area (Å²) in [5.41, 5.74) is 5.44. The lowest BCUT2D eigenvalue weighted by Crippen LogP contribution is -2.42. The molecule has 1 atom stereocenters. The van der Waals surface area contributed by atoms with E-state index in [0.717, 1.165) is 18.5 Å². The lowest BCUT2D eigenvalue weighted by atomic mass is 10.2. The minimum atomic E-state index is -0.516. The summed E-state index contributed by atoms with van der Waals surface area (Å²) in [6, 6.07) is 7.39. The van der Waals surface area contributed by atoms with E-state index in [1.807, 2.05) is 32.9 Å². The molecule has 1 unspecified atom stereocenters. The summed E-state index contributed by atoms with van der Waals surface area (Å²) < 4.78 is 10.8. The van der Waals surface area contributed by atoms with Crippen LogP contribution in [0.15, 0.2) is 24.3 Å². The topological polar surface area (TPSA) is 93.9 Å². The molecular formula is C18H27N3O4. The maximum atomic E-state index is 12.3. The molecule has 0 spiro atoms. The number of rotatable bonds is 6. The maximum absolute atomic E-state index is 12.3. The number of carbonyl (C=O) groups is 2. The fraction of sp³-hybridized carbons (Fsp3) is 0.556. The van der Waals surface area contributed by atoms with E-state index in [9.17, 15) is 9.59 Å². The van der Waals surface area contributed by atoms with Gasteiger partial charge in [-0.3, -0.25) is 4.79 Å². The first-order valence-electron chi connectivity index (χ1n) is 8.49. The quantitative estimate of drug-likeness (QED) is 0.822. The van der Waals surface area contributed by atoms with E-state index >= 15 is 0 Å². The standard InChI is InChI=1S/C18H27N3O4/c1-18(2,3)25-17(23)21-9-5-7-14(21)11-20-13-6-4-8-15(10-13)24-12-16(19)22/h4,6,8,10,14,20H,5,7,9,11-12H2,1-3H3,(H2,19,22). The summed E-state index contributed by atoms with van der Waals surface area (Å²) in [6.45, 7) is 6.78. The molecule has 1 aliphatic rings. The van der Waals surface area contributed by atoms with Gasteiger partial charge in [0.05, 0.1) is 6.04 Å². The number of hydrogen-bond donors (Lipinski definition) is 2. The Balaban J connectivity index is 1.90. The van der Waals surface area contributed by atoms with Crippen LogP contribution in [0.25, 0.3) is 0 Å². The van der Waals surface area contributed by atoms with Crippen molar-refractivity contribution >= 4 is 17.7 Å². The molecule has 0 bridgehead atoms. The molecule has 0 saturated carbocycles. The van der Waals surface area contributed by atoms with Gasteiger partial charge in [0, 0.05) is 24.8 Å². The Morgan fingerprint density at radius 3 is 2.80 bits per heavy atom. The average molecular weight is 349 g/mol. The van der Waals surface area contributed by atoms with Crippen molar-refractivity contribution in [3.05, 3.63) is 24.3 Å². The molecule has 3 N–H and O–H groups in total. The van der Waals surface area contributed by atoms with Crippen molar-refractivity contribution in [2.45, 2.75) is 45.3 Å². The van der Waals surface area contributed by atoms with Crippen molar-refractivity contribution in [1.82, 2.24) is 4.90 Å². The van der Waals surface area contributed by atoms with E-state index in [1.54, 1.807) is 17.0 Å². The average Bonchev–Trinajstić information content (AvgIpc) is 2.98. The zero-order valence-electron chi connectivity index (χ0n) is 15.1. The van der Waals surface area contributed by atoms with Crippen molar-refractivity contribution in [3.63, 3.8) is 0 Å². The molecule has 7 nitrogen and oxygen atoms in total. The first-order chi connectivity index (χ1) is 11.7. The van der Waals surface area contributed by atoms with Crippen molar-refractivity contribution in [1.29, 1.82) is 0 Å². The lowest BCUT2D eigenvalue weighted by Gasteiger charge is -2.29. The van der Waals surface area contributed by atoms with E-state index in [-0.39, 0.29) is 18.7 Å². The summed E-state index contributed by atoms with van der Waals surface area (Å²) in [5.74, 6) is 0.0524. The Hall–Kier alpha value is -2.44. The molecule has 138 valence electrons. The Labute approximate surface area is 148 Å². The van der Waals surface area contributed by atoms with E-state index in [2.05, 4.69) is 5.32 Å². The van der Waals surface area contributed by atoms with Crippen LogP contribution >= 0.6 is 0 Å². The third kappa shape index (κ3) is 6.17. The fourth-order valence-electron chi connectivity index (χ4n) is 2.69. The number of amides is 2. The van der Waals surface area contributed by atoms with Gasteiger partial charge in [-0.1, -0.05) is 6.07 Å². The van der Waals surface area contributed by atoms with Crippen molar-refractivity contribution in [3.8, 4) is 5.75 Å². The first-order valence-corrected chi connectivity index (χ1v) is 8.49. The van der Waals surface area contributed by atoms with Crippen LogP contribution in [0, 0.1) is 0 Å². The molecular weight excluding hydrogens is 322 g/mol. The van der Waals surface area contributed by atoms with Crippen molar-refractivity contribution in [2.75, 3.05) is 25.0 Å². The van der Waals surface area contributed by atoms with Gasteiger partial charge in [0.15, 0.2) is 6.61 Å². The predicted molar refractivity (Wildman–Crippen MR) is 95.6 cm³/mol. The molecule has 0 aromatic heterocycles. The highest BCUT2D eigenvalue weighted by Gasteiger charge is 2.31. The van der Waals surface area contributed by atoms with Gasteiger partial charge in [-0.2, -0.15) is 0 Å². The summed E-state index contributed by atoms with van der Waals surface area (Å²) in [5, 5.41) is 3.32. The predicted octanol–water partition coefficient (Wildman–Crippen LogP) is 2.36. The highest BCUT2D eigenvalue weighted by molar-refractivity contribution is 5.75. The SMILES string of the molecule is CC(C)(C)OC(=O)N1CCCC1CNc1cccc(OCC(N)=O)c1. The lowest BCUT2D eigenvalue weighted by molar-refractivity contribution is -0.119. The maximum Gasteiger partial charge on any atom is 0.410 e. The Bertz CT molecular complexity index is 613. The smallest absolute Gasteiger partial charge is 0.410 e. The second-order valence-electron chi connectivity index (χ2n) is 7.13. The Morgan fingerprint density at radius 1 is 1.36 bits per heavy atom. The van der Waals surface area contributed by atoms with Gasteiger partial charge in [0.2, 0.25) is 0 Å². The van der Waals surface area contributed by atoms with Crippen LogP contribution in [0.4, 0.5) is 10.5 Å². The molecule has 1 aromatic rings. The number of anilines is 1. The van der Waals surface area contributed by atoms with Gasteiger partial charge >= 0.3 is 6.09 Å². The van der Waals surface area contributed by atoms with Crippen LogP contribution in [0.2, 0.25) is 0 Å². The van der Waals surface area contributed by atoms with Crippen LogP contribution in [0.1, 0.15) is 33.6 Å². The summed E-state index contributed by atoms with van der Waals surface area (Å²) in [4.78, 5) is 24.9. The van der Waals surface area contributed by atoms with Crippen LogP contribution in [-0.4, -0.2) is 48.2 Å². The van der Waals surface area contributed by atoms with Gasteiger partial charge in [-0.05, 0) is 45.7 Å². The van der Waals surface area contributed by atoms with Gasteiger partial charge < -0.3 is 25.4 Å². The molecule has 1 aromatic carbocycles. The highest BCUT2D eigenvalue weighted by Crippen LogP contribution is 2.22.